The molecule has 1 aromatic heterocycles. The first kappa shape index (κ1) is 5.46. The van der Waals surface area contributed by atoms with Crippen LogP contribution in [0.2, 0.25) is 0 Å². The van der Waals surface area contributed by atoms with Gasteiger partial charge in [-0.1, -0.05) is 0 Å². The third-order valence-corrected chi connectivity index (χ3v) is 1.42. The van der Waals surface area contributed by atoms with E-state index in [1.165, 1.54) is 17.0 Å². The third kappa shape index (κ3) is 0.618. The molecule has 0 fully saturated rings. The highest BCUT2D eigenvalue weighted by molar-refractivity contribution is 4.94. The van der Waals surface area contributed by atoms with Crippen molar-refractivity contribution in [3.63, 3.8) is 0 Å². The first-order valence-electron chi connectivity index (χ1n) is 3.08. The molecule has 0 saturated carbocycles. The topological polar surface area (TPSA) is 44.1 Å². The maximum Gasteiger partial charge on any atom is 0.286 e. The Morgan fingerprint density at radius 3 is 3.40 bits per heavy atom. The van der Waals surface area contributed by atoms with Gasteiger partial charge in [-0.3, -0.25) is 4.79 Å². The first-order chi connectivity index (χ1) is 4.88. The lowest BCUT2D eigenvalue weighted by atomic mass is 10.4. The lowest BCUT2D eigenvalue weighted by molar-refractivity contribution is 0.140. The van der Waals surface area contributed by atoms with Crippen molar-refractivity contribution in [2.75, 3.05) is 6.61 Å². The molecule has 4 heteroatoms. The Morgan fingerprint density at radius 2 is 2.60 bits per heavy atom. The second kappa shape index (κ2) is 1.83. The maximum atomic E-state index is 10.9. The molecular weight excluding hydrogens is 132 g/mol. The zero-order chi connectivity index (χ0) is 6.97. The summed E-state index contributed by atoms with van der Waals surface area (Å²) in [4.78, 5) is 19.8. The highest BCUT2D eigenvalue weighted by Gasteiger charge is 2.12. The summed E-state index contributed by atoms with van der Waals surface area (Å²) in [6.45, 7) is 0.562. The molecular formula is C6H6N2O2. The molecule has 0 unspecified atom stereocenters. The Balaban J connectivity index is 2.70. The molecule has 2 rings (SSSR count). The number of aromatic nitrogens is 2. The fourth-order valence-corrected chi connectivity index (χ4v) is 0.967. The largest absolute Gasteiger partial charge is 0.409 e. The van der Waals surface area contributed by atoms with Gasteiger partial charge in [0.1, 0.15) is 6.61 Å². The summed E-state index contributed by atoms with van der Waals surface area (Å²) in [6, 6.07) is 1.38. The molecule has 10 heavy (non-hydrogen) atoms. The van der Waals surface area contributed by atoms with Gasteiger partial charge in [-0.05, 0) is 0 Å². The smallest absolute Gasteiger partial charge is 0.286 e. The van der Waals surface area contributed by atoms with Crippen LogP contribution >= 0.6 is 0 Å². The first-order valence-corrected chi connectivity index (χ1v) is 3.08. The predicted octanol–water partition coefficient (Wildman–Crippen LogP) is -0.772. The van der Waals surface area contributed by atoms with Gasteiger partial charge in [0.15, 0.2) is 5.82 Å². The minimum Gasteiger partial charge on any atom is -0.409 e. The second-order valence-electron chi connectivity index (χ2n) is 2.08. The van der Waals surface area contributed by atoms with Gasteiger partial charge in [-0.15, -0.1) is 4.73 Å². The summed E-state index contributed by atoms with van der Waals surface area (Å²) in [5.74, 6) is 0.715. The molecule has 0 amide bonds. The fourth-order valence-electron chi connectivity index (χ4n) is 0.967. The molecule has 0 atom stereocenters. The van der Waals surface area contributed by atoms with Crippen LogP contribution in [-0.4, -0.2) is 16.3 Å². The van der Waals surface area contributed by atoms with Crippen molar-refractivity contribution in [3.8, 4) is 0 Å². The Hall–Kier alpha value is -1.32. The van der Waals surface area contributed by atoms with E-state index in [4.69, 9.17) is 4.84 Å². The summed E-state index contributed by atoms with van der Waals surface area (Å²) < 4.78 is 1.24. The zero-order valence-electron chi connectivity index (χ0n) is 5.28. The van der Waals surface area contributed by atoms with Crippen LogP contribution in [0.4, 0.5) is 0 Å². The molecule has 52 valence electrons. The molecule has 0 aromatic carbocycles. The van der Waals surface area contributed by atoms with Crippen LogP contribution in [0.1, 0.15) is 5.82 Å². The van der Waals surface area contributed by atoms with Crippen molar-refractivity contribution in [2.45, 2.75) is 6.42 Å². The van der Waals surface area contributed by atoms with Crippen molar-refractivity contribution in [1.29, 1.82) is 0 Å². The van der Waals surface area contributed by atoms with E-state index in [1.54, 1.807) is 0 Å². The zero-order valence-corrected chi connectivity index (χ0v) is 5.28. The van der Waals surface area contributed by atoms with Gasteiger partial charge in [-0.2, -0.15) is 0 Å². The van der Waals surface area contributed by atoms with Crippen molar-refractivity contribution >= 4 is 0 Å². The van der Waals surface area contributed by atoms with E-state index >= 15 is 0 Å². The van der Waals surface area contributed by atoms with Gasteiger partial charge < -0.3 is 4.84 Å². The summed E-state index contributed by atoms with van der Waals surface area (Å²) in [7, 11) is 0. The molecule has 0 radical (unpaired) electrons. The minimum absolute atomic E-state index is 0.137. The summed E-state index contributed by atoms with van der Waals surface area (Å²) in [5.41, 5.74) is -0.137. The SMILES string of the molecule is O=c1ccnc2n1OCC2. The van der Waals surface area contributed by atoms with Crippen LogP contribution in [-0.2, 0) is 6.42 Å². The molecule has 2 heterocycles. The second-order valence-corrected chi connectivity index (χ2v) is 2.08. The van der Waals surface area contributed by atoms with Crippen LogP contribution in [0.5, 0.6) is 0 Å². The third-order valence-electron chi connectivity index (χ3n) is 1.42. The van der Waals surface area contributed by atoms with E-state index < -0.39 is 0 Å². The maximum absolute atomic E-state index is 10.9. The molecule has 4 nitrogen and oxygen atoms in total. The number of hydrogen-bond acceptors (Lipinski definition) is 3. The van der Waals surface area contributed by atoms with Gasteiger partial charge in [-0.25, -0.2) is 4.98 Å². The Bertz CT molecular complexity index is 305. The normalized spacial score (nSPS) is 14.4. The number of hydrogen-bond donors (Lipinski definition) is 0. The van der Waals surface area contributed by atoms with Gasteiger partial charge in [0.25, 0.3) is 5.56 Å². The van der Waals surface area contributed by atoms with E-state index in [0.717, 1.165) is 6.42 Å². The minimum atomic E-state index is -0.137. The van der Waals surface area contributed by atoms with Gasteiger partial charge in [0, 0.05) is 18.7 Å². The highest BCUT2D eigenvalue weighted by atomic mass is 16.7. The van der Waals surface area contributed by atoms with E-state index in [9.17, 15) is 4.79 Å². The molecule has 0 spiro atoms. The monoisotopic (exact) mass is 138 g/mol. The van der Waals surface area contributed by atoms with Crippen LogP contribution in [0.25, 0.3) is 0 Å². The van der Waals surface area contributed by atoms with Crippen LogP contribution < -0.4 is 10.4 Å². The van der Waals surface area contributed by atoms with Crippen LogP contribution in [0.15, 0.2) is 17.1 Å². The van der Waals surface area contributed by atoms with Crippen molar-refractivity contribution in [1.82, 2.24) is 9.71 Å². The van der Waals surface area contributed by atoms with E-state index in [0.29, 0.717) is 12.4 Å². The molecule has 0 saturated heterocycles. The number of rotatable bonds is 0. The molecule has 0 bridgehead atoms. The predicted molar refractivity (Wildman–Crippen MR) is 33.6 cm³/mol. The van der Waals surface area contributed by atoms with Crippen molar-refractivity contribution in [3.05, 3.63) is 28.4 Å². The summed E-state index contributed by atoms with van der Waals surface area (Å²) in [5, 5.41) is 0. The van der Waals surface area contributed by atoms with Crippen molar-refractivity contribution in [2.24, 2.45) is 0 Å². The quantitative estimate of drug-likeness (QED) is 0.472. The average molecular weight is 138 g/mol. The van der Waals surface area contributed by atoms with Gasteiger partial charge in [0.2, 0.25) is 0 Å². The Labute approximate surface area is 57.0 Å². The van der Waals surface area contributed by atoms with E-state index in [2.05, 4.69) is 4.98 Å². The molecule has 0 N–H and O–H groups in total. The standard InChI is InChI=1S/C6H6N2O2/c9-6-1-3-7-5-2-4-10-8(5)6/h1,3H,2,4H2. The van der Waals surface area contributed by atoms with E-state index in [1.807, 2.05) is 0 Å². The summed E-state index contributed by atoms with van der Waals surface area (Å²) in [6.07, 6.45) is 2.24. The lowest BCUT2D eigenvalue weighted by Gasteiger charge is -1.97. The fraction of sp³-hybridized carbons (Fsp3) is 0.333. The van der Waals surface area contributed by atoms with Gasteiger partial charge >= 0.3 is 0 Å². The van der Waals surface area contributed by atoms with Gasteiger partial charge in [0.05, 0.1) is 0 Å². The Kier molecular flexibility index (Phi) is 1.00. The lowest BCUT2D eigenvalue weighted by Crippen LogP contribution is -2.23. The number of nitrogens with zero attached hydrogens (tertiary/aromatic N) is 2. The Morgan fingerprint density at radius 1 is 1.70 bits per heavy atom. The average Bonchev–Trinajstić information content (AvgIpc) is 2.36. The molecule has 1 aliphatic rings. The van der Waals surface area contributed by atoms with Crippen LogP contribution in [0, 0.1) is 0 Å². The van der Waals surface area contributed by atoms with E-state index in [-0.39, 0.29) is 5.56 Å². The molecule has 1 aromatic rings. The summed E-state index contributed by atoms with van der Waals surface area (Å²) >= 11 is 0. The molecule has 0 aliphatic carbocycles. The van der Waals surface area contributed by atoms with Crippen LogP contribution in [0.3, 0.4) is 0 Å². The number of fused-ring (bicyclic) bond motifs is 1. The molecule has 1 aliphatic heterocycles. The van der Waals surface area contributed by atoms with Crippen molar-refractivity contribution < 1.29 is 4.84 Å². The highest BCUT2D eigenvalue weighted by Crippen LogP contribution is 1.96.